The van der Waals surface area contributed by atoms with E-state index in [-0.39, 0.29) is 28.3 Å². The second-order valence-electron chi connectivity index (χ2n) is 7.07. The fraction of sp³-hybridized carbons (Fsp3) is 0.286. The minimum Gasteiger partial charge on any atom is -0.335 e. The topological polar surface area (TPSA) is 69.7 Å². The second kappa shape index (κ2) is 8.65. The smallest absolute Gasteiger partial charge is 0.255 e. The second-order valence-corrected chi connectivity index (χ2v) is 8.61. The molecule has 0 atom stereocenters. The molecule has 2 heterocycles. The molecule has 2 aliphatic rings. The van der Waals surface area contributed by atoms with Crippen molar-refractivity contribution in [1.29, 1.82) is 0 Å². The van der Waals surface area contributed by atoms with Crippen LogP contribution in [0.1, 0.15) is 27.1 Å². The number of rotatable bonds is 2. The molecule has 0 unspecified atom stereocenters. The van der Waals surface area contributed by atoms with Gasteiger partial charge in [-0.25, -0.2) is 4.39 Å². The lowest BCUT2D eigenvalue weighted by Gasteiger charge is -2.35. The summed E-state index contributed by atoms with van der Waals surface area (Å²) in [5.41, 5.74) is 1.41. The van der Waals surface area contributed by atoms with Gasteiger partial charge in [-0.15, -0.1) is 11.8 Å². The van der Waals surface area contributed by atoms with Crippen LogP contribution in [0.25, 0.3) is 0 Å². The van der Waals surface area contributed by atoms with Gasteiger partial charge >= 0.3 is 0 Å². The van der Waals surface area contributed by atoms with Crippen LogP contribution in [-0.2, 0) is 4.79 Å². The van der Waals surface area contributed by atoms with Crippen LogP contribution in [0.2, 0.25) is 5.02 Å². The maximum absolute atomic E-state index is 13.2. The molecule has 1 saturated heterocycles. The van der Waals surface area contributed by atoms with Crippen LogP contribution in [0.15, 0.2) is 41.3 Å². The number of amides is 3. The van der Waals surface area contributed by atoms with Gasteiger partial charge in [0.1, 0.15) is 5.82 Å². The number of fused-ring (bicyclic) bond motifs is 1. The summed E-state index contributed by atoms with van der Waals surface area (Å²) in [5.74, 6) is -0.273. The summed E-state index contributed by atoms with van der Waals surface area (Å²) in [6.45, 7) is 1.47. The van der Waals surface area contributed by atoms with Crippen molar-refractivity contribution in [3.63, 3.8) is 0 Å². The highest BCUT2D eigenvalue weighted by Crippen LogP contribution is 2.32. The molecular weight excluding hydrogens is 429 g/mol. The third kappa shape index (κ3) is 4.29. The van der Waals surface area contributed by atoms with Gasteiger partial charge in [0, 0.05) is 48.8 Å². The van der Waals surface area contributed by atoms with E-state index in [1.807, 2.05) is 6.07 Å². The summed E-state index contributed by atoms with van der Waals surface area (Å²) >= 11 is 7.59. The Morgan fingerprint density at radius 2 is 1.70 bits per heavy atom. The van der Waals surface area contributed by atoms with Crippen molar-refractivity contribution in [2.45, 2.75) is 11.3 Å². The number of anilines is 1. The highest BCUT2D eigenvalue weighted by Gasteiger charge is 2.27. The number of thioether (sulfide) groups is 1. The molecule has 9 heteroatoms. The van der Waals surface area contributed by atoms with Gasteiger partial charge in [0.25, 0.3) is 11.8 Å². The van der Waals surface area contributed by atoms with Crippen LogP contribution in [-0.4, -0.2) is 59.5 Å². The Morgan fingerprint density at radius 1 is 1.00 bits per heavy atom. The first-order chi connectivity index (χ1) is 14.4. The number of carbonyl (C=O) groups excluding carboxylic acids is 3. The average molecular weight is 448 g/mol. The van der Waals surface area contributed by atoms with E-state index >= 15 is 0 Å². The third-order valence-corrected chi connectivity index (χ3v) is 6.49. The summed E-state index contributed by atoms with van der Waals surface area (Å²) in [6, 6.07) is 9.03. The zero-order chi connectivity index (χ0) is 21.3. The summed E-state index contributed by atoms with van der Waals surface area (Å²) < 4.78 is 13.2. The first-order valence-electron chi connectivity index (χ1n) is 9.52. The minimum atomic E-state index is -0.498. The van der Waals surface area contributed by atoms with E-state index in [1.165, 1.54) is 12.1 Å². The third-order valence-electron chi connectivity index (χ3n) is 5.10. The predicted molar refractivity (Wildman–Crippen MR) is 114 cm³/mol. The van der Waals surface area contributed by atoms with Gasteiger partial charge in [-0.2, -0.15) is 0 Å². The molecule has 0 radical (unpaired) electrons. The van der Waals surface area contributed by atoms with Gasteiger partial charge < -0.3 is 15.1 Å². The van der Waals surface area contributed by atoms with E-state index < -0.39 is 5.82 Å². The van der Waals surface area contributed by atoms with E-state index in [4.69, 9.17) is 11.6 Å². The molecule has 30 heavy (non-hydrogen) atoms. The number of hydrogen-bond donors (Lipinski definition) is 1. The zero-order valence-electron chi connectivity index (χ0n) is 16.0. The molecule has 0 spiro atoms. The van der Waals surface area contributed by atoms with E-state index in [1.54, 1.807) is 33.7 Å². The lowest BCUT2D eigenvalue weighted by Crippen LogP contribution is -2.50. The number of halogens is 2. The number of benzene rings is 2. The highest BCUT2D eigenvalue weighted by atomic mass is 35.5. The number of nitrogens with one attached hydrogen (secondary N) is 1. The molecule has 4 rings (SSSR count). The molecule has 0 aliphatic carbocycles. The van der Waals surface area contributed by atoms with Crippen molar-refractivity contribution in [3.8, 4) is 0 Å². The first kappa shape index (κ1) is 20.7. The normalized spacial score (nSPS) is 16.5. The average Bonchev–Trinajstić information content (AvgIpc) is 2.92. The summed E-state index contributed by atoms with van der Waals surface area (Å²) in [5, 5.41) is 2.92. The van der Waals surface area contributed by atoms with Crippen molar-refractivity contribution in [1.82, 2.24) is 9.80 Å². The minimum absolute atomic E-state index is 0.0579. The Kier molecular flexibility index (Phi) is 5.97. The number of piperazine rings is 1. The fourth-order valence-corrected chi connectivity index (χ4v) is 4.67. The molecule has 2 aromatic carbocycles. The molecule has 2 aliphatic heterocycles. The Morgan fingerprint density at radius 3 is 2.40 bits per heavy atom. The van der Waals surface area contributed by atoms with E-state index in [2.05, 4.69) is 5.32 Å². The van der Waals surface area contributed by atoms with Crippen molar-refractivity contribution in [2.75, 3.05) is 37.2 Å². The molecule has 1 fully saturated rings. The number of carbonyl (C=O) groups is 3. The van der Waals surface area contributed by atoms with E-state index in [9.17, 15) is 18.8 Å². The largest absolute Gasteiger partial charge is 0.335 e. The molecule has 156 valence electrons. The van der Waals surface area contributed by atoms with E-state index in [0.29, 0.717) is 49.6 Å². The molecule has 0 bridgehead atoms. The van der Waals surface area contributed by atoms with Crippen LogP contribution >= 0.6 is 23.4 Å². The monoisotopic (exact) mass is 447 g/mol. The van der Waals surface area contributed by atoms with Crippen molar-refractivity contribution in [3.05, 3.63) is 58.4 Å². The summed E-state index contributed by atoms with van der Waals surface area (Å²) in [4.78, 5) is 41.6. The van der Waals surface area contributed by atoms with Gasteiger partial charge in [-0.3, -0.25) is 14.4 Å². The van der Waals surface area contributed by atoms with Gasteiger partial charge in [0.2, 0.25) is 5.91 Å². The van der Waals surface area contributed by atoms with Gasteiger partial charge in [-0.05, 0) is 36.4 Å². The van der Waals surface area contributed by atoms with Crippen molar-refractivity contribution in [2.24, 2.45) is 0 Å². The van der Waals surface area contributed by atoms with Crippen molar-refractivity contribution < 1.29 is 18.8 Å². The molecule has 0 aromatic heterocycles. The van der Waals surface area contributed by atoms with Crippen LogP contribution in [0.4, 0.5) is 10.1 Å². The molecule has 2 aromatic rings. The predicted octanol–water partition coefficient (Wildman–Crippen LogP) is 3.51. The lowest BCUT2D eigenvalue weighted by atomic mass is 10.1. The Bertz CT molecular complexity index is 1020. The van der Waals surface area contributed by atoms with Gasteiger partial charge in [0.15, 0.2) is 0 Å². The quantitative estimate of drug-likeness (QED) is 0.764. The molecule has 1 N–H and O–H groups in total. The Balaban J connectivity index is 1.42. The maximum atomic E-state index is 13.2. The van der Waals surface area contributed by atoms with Crippen molar-refractivity contribution >= 4 is 46.8 Å². The van der Waals surface area contributed by atoms with Gasteiger partial charge in [-0.1, -0.05) is 11.6 Å². The molecule has 0 saturated carbocycles. The first-order valence-corrected chi connectivity index (χ1v) is 10.9. The van der Waals surface area contributed by atoms with Crippen LogP contribution < -0.4 is 5.32 Å². The number of hydrogen-bond acceptors (Lipinski definition) is 4. The summed E-state index contributed by atoms with van der Waals surface area (Å²) in [7, 11) is 0. The Hall–Kier alpha value is -2.58. The van der Waals surface area contributed by atoms with Crippen LogP contribution in [0, 0.1) is 5.82 Å². The fourth-order valence-electron chi connectivity index (χ4n) is 3.48. The maximum Gasteiger partial charge on any atom is 0.255 e. The SMILES string of the molecule is O=C1CCSc2ccc(C(=O)N3CCN(C(=O)c4ccc(F)cc4Cl)CC3)cc2N1. The molecular formula is C21H19ClFN3O3S. The Labute approximate surface area is 182 Å². The lowest BCUT2D eigenvalue weighted by molar-refractivity contribution is -0.115. The van der Waals surface area contributed by atoms with Crippen LogP contribution in [0.5, 0.6) is 0 Å². The molecule has 3 amide bonds. The number of nitrogens with zero attached hydrogens (tertiary/aromatic N) is 2. The standard InChI is InChI=1S/C21H19ClFN3O3S/c22-16-12-14(23)2-3-15(16)21(29)26-8-6-25(7-9-26)20(28)13-1-4-18-17(11-13)24-19(27)5-10-30-18/h1-4,11-12H,5-10H2,(H,24,27). The van der Waals surface area contributed by atoms with E-state index in [0.717, 1.165) is 11.0 Å². The zero-order valence-corrected chi connectivity index (χ0v) is 17.6. The van der Waals surface area contributed by atoms with Gasteiger partial charge in [0.05, 0.1) is 16.3 Å². The summed E-state index contributed by atoms with van der Waals surface area (Å²) in [6.07, 6.45) is 0.441. The molecule has 6 nitrogen and oxygen atoms in total. The van der Waals surface area contributed by atoms with Crippen LogP contribution in [0.3, 0.4) is 0 Å². The highest BCUT2D eigenvalue weighted by molar-refractivity contribution is 7.99.